The van der Waals surface area contributed by atoms with Crippen LogP contribution in [-0.4, -0.2) is 42.7 Å². The van der Waals surface area contributed by atoms with Crippen LogP contribution in [0.15, 0.2) is 53.3 Å². The number of hydrogen-bond acceptors (Lipinski definition) is 7. The molecular weight excluding hydrogens is 456 g/mol. The Hall–Kier alpha value is -3.85. The number of carbonyl (C=O) groups is 1. The molecule has 0 aliphatic rings. The summed E-state index contributed by atoms with van der Waals surface area (Å²) in [6.45, 7) is 9.07. The second kappa shape index (κ2) is 11.3. The molecule has 0 aliphatic carbocycles. The van der Waals surface area contributed by atoms with Gasteiger partial charge in [0, 0.05) is 29.6 Å². The van der Waals surface area contributed by atoms with Gasteiger partial charge in [0.15, 0.2) is 5.82 Å². The molecule has 2 aromatic heterocycles. The van der Waals surface area contributed by atoms with E-state index in [9.17, 15) is 9.59 Å². The van der Waals surface area contributed by atoms with Crippen LogP contribution in [0, 0.1) is 13.8 Å². The van der Waals surface area contributed by atoms with E-state index in [2.05, 4.69) is 50.5 Å². The van der Waals surface area contributed by atoms with E-state index in [-0.39, 0.29) is 24.8 Å². The molecule has 36 heavy (non-hydrogen) atoms. The highest BCUT2D eigenvalue weighted by molar-refractivity contribution is 5.83. The predicted molar refractivity (Wildman–Crippen MR) is 137 cm³/mol. The second-order valence-corrected chi connectivity index (χ2v) is 8.98. The van der Waals surface area contributed by atoms with Crippen LogP contribution in [0.3, 0.4) is 0 Å². The topological polar surface area (TPSA) is 106 Å². The van der Waals surface area contributed by atoms with Crippen molar-refractivity contribution in [2.45, 2.75) is 59.8 Å². The van der Waals surface area contributed by atoms with Gasteiger partial charge >= 0.3 is 5.97 Å². The molecule has 0 saturated heterocycles. The third-order valence-corrected chi connectivity index (χ3v) is 6.26. The minimum atomic E-state index is -0.396. The maximum absolute atomic E-state index is 13.1. The largest absolute Gasteiger partial charge is 0.465 e. The van der Waals surface area contributed by atoms with Gasteiger partial charge in [-0.2, -0.15) is 0 Å². The Labute approximate surface area is 210 Å². The van der Waals surface area contributed by atoms with Crippen molar-refractivity contribution in [2.24, 2.45) is 0 Å². The van der Waals surface area contributed by atoms with Gasteiger partial charge in [-0.15, -0.1) is 5.10 Å². The smallest absolute Gasteiger partial charge is 0.327 e. The number of nitrogens with zero attached hydrogens (tertiary/aromatic N) is 5. The van der Waals surface area contributed by atoms with E-state index in [1.165, 1.54) is 4.68 Å². The first kappa shape index (κ1) is 25.2. The van der Waals surface area contributed by atoms with Crippen molar-refractivity contribution in [1.29, 1.82) is 0 Å². The van der Waals surface area contributed by atoms with Crippen LogP contribution in [-0.2, 0) is 29.2 Å². The fourth-order valence-corrected chi connectivity index (χ4v) is 4.64. The summed E-state index contributed by atoms with van der Waals surface area (Å²) in [6.07, 6.45) is 0.680. The van der Waals surface area contributed by atoms with Gasteiger partial charge in [0.25, 0.3) is 5.56 Å². The molecule has 9 heteroatoms. The monoisotopic (exact) mass is 488 g/mol. The molecule has 1 N–H and O–H groups in total. The summed E-state index contributed by atoms with van der Waals surface area (Å²) in [5, 5.41) is 13.2. The highest BCUT2D eigenvalue weighted by Gasteiger charge is 2.27. The summed E-state index contributed by atoms with van der Waals surface area (Å²) in [7, 11) is 0. The van der Waals surface area contributed by atoms with Crippen molar-refractivity contribution >= 4 is 16.9 Å². The molecule has 1 atom stereocenters. The molecule has 0 bridgehead atoms. The standard InChI is InChI=1S/C27H32N6O3/c1-5-24(26-29-30-31-33(26)17-25(34)36-6-2)32(15-20-10-8-7-9-11-20)16-21-14-22-19(4)12-18(3)13-23(22)28-27(21)35/h7-14,24H,5-6,15-17H2,1-4H3,(H,28,35)/t24-/m0/s1. The Morgan fingerprint density at radius 1 is 1.11 bits per heavy atom. The number of pyridine rings is 1. The van der Waals surface area contributed by atoms with Crippen LogP contribution in [0.5, 0.6) is 0 Å². The lowest BCUT2D eigenvalue weighted by molar-refractivity contribution is -0.144. The summed E-state index contributed by atoms with van der Waals surface area (Å²) in [4.78, 5) is 30.5. The highest BCUT2D eigenvalue weighted by Crippen LogP contribution is 2.27. The third-order valence-electron chi connectivity index (χ3n) is 6.26. The number of hydrogen-bond donors (Lipinski definition) is 1. The van der Waals surface area contributed by atoms with Crippen molar-refractivity contribution < 1.29 is 9.53 Å². The van der Waals surface area contributed by atoms with Crippen LogP contribution in [0.4, 0.5) is 0 Å². The second-order valence-electron chi connectivity index (χ2n) is 8.98. The fourth-order valence-electron chi connectivity index (χ4n) is 4.64. The minimum absolute atomic E-state index is 0.0685. The molecule has 2 heterocycles. The minimum Gasteiger partial charge on any atom is -0.465 e. The van der Waals surface area contributed by atoms with E-state index in [0.29, 0.717) is 30.9 Å². The Morgan fingerprint density at radius 2 is 1.89 bits per heavy atom. The zero-order valence-corrected chi connectivity index (χ0v) is 21.2. The predicted octanol–water partition coefficient (Wildman–Crippen LogP) is 3.85. The number of fused-ring (bicyclic) bond motifs is 1. The van der Waals surface area contributed by atoms with Gasteiger partial charge in [0.2, 0.25) is 0 Å². The normalized spacial score (nSPS) is 12.2. The molecular formula is C27H32N6O3. The van der Waals surface area contributed by atoms with Crippen molar-refractivity contribution in [1.82, 2.24) is 30.1 Å². The van der Waals surface area contributed by atoms with Crippen LogP contribution >= 0.6 is 0 Å². The Kier molecular flexibility index (Phi) is 7.90. The number of esters is 1. The van der Waals surface area contributed by atoms with Crippen molar-refractivity contribution in [3.63, 3.8) is 0 Å². The quantitative estimate of drug-likeness (QED) is 0.338. The number of H-pyrrole nitrogens is 1. The van der Waals surface area contributed by atoms with Crippen molar-refractivity contribution in [2.75, 3.05) is 6.61 Å². The Morgan fingerprint density at radius 3 is 2.61 bits per heavy atom. The van der Waals surface area contributed by atoms with E-state index in [1.807, 2.05) is 44.2 Å². The summed E-state index contributed by atoms with van der Waals surface area (Å²) in [5.74, 6) is 0.165. The Balaban J connectivity index is 1.73. The molecule has 0 saturated carbocycles. The van der Waals surface area contributed by atoms with Crippen molar-refractivity contribution in [3.05, 3.63) is 87.0 Å². The summed E-state index contributed by atoms with van der Waals surface area (Å²) < 4.78 is 6.58. The van der Waals surface area contributed by atoms with Crippen LogP contribution in [0.1, 0.15) is 54.4 Å². The summed E-state index contributed by atoms with van der Waals surface area (Å²) >= 11 is 0. The number of ether oxygens (including phenoxy) is 1. The first-order valence-corrected chi connectivity index (χ1v) is 12.2. The molecule has 0 radical (unpaired) electrons. The zero-order valence-electron chi connectivity index (χ0n) is 21.2. The van der Waals surface area contributed by atoms with Gasteiger partial charge in [-0.25, -0.2) is 4.68 Å². The number of aryl methyl sites for hydroxylation is 2. The fraction of sp³-hybridized carbons (Fsp3) is 0.370. The number of tetrazole rings is 1. The lowest BCUT2D eigenvalue weighted by atomic mass is 10.0. The van der Waals surface area contributed by atoms with Gasteiger partial charge in [-0.1, -0.05) is 43.3 Å². The number of rotatable bonds is 10. The van der Waals surface area contributed by atoms with Crippen LogP contribution in [0.2, 0.25) is 0 Å². The molecule has 188 valence electrons. The van der Waals surface area contributed by atoms with Gasteiger partial charge in [0.05, 0.1) is 12.6 Å². The molecule has 0 unspecified atom stereocenters. The van der Waals surface area contributed by atoms with Gasteiger partial charge in [-0.3, -0.25) is 14.5 Å². The van der Waals surface area contributed by atoms with Gasteiger partial charge in [0.1, 0.15) is 6.54 Å². The molecule has 9 nitrogen and oxygen atoms in total. The first-order chi connectivity index (χ1) is 17.4. The summed E-state index contributed by atoms with van der Waals surface area (Å²) in [5.41, 5.74) is 4.70. The number of aromatic nitrogens is 5. The lowest BCUT2D eigenvalue weighted by Gasteiger charge is -2.30. The molecule has 2 aromatic carbocycles. The number of carbonyl (C=O) groups excluding carboxylic acids is 1. The summed E-state index contributed by atoms with van der Waals surface area (Å²) in [6, 6.07) is 15.9. The van der Waals surface area contributed by atoms with E-state index in [4.69, 9.17) is 4.74 Å². The van der Waals surface area contributed by atoms with E-state index >= 15 is 0 Å². The zero-order chi connectivity index (χ0) is 25.7. The van der Waals surface area contributed by atoms with E-state index < -0.39 is 5.97 Å². The molecule has 0 amide bonds. The van der Waals surface area contributed by atoms with Crippen molar-refractivity contribution in [3.8, 4) is 0 Å². The SMILES string of the molecule is CCOC(=O)Cn1nnnc1[C@H](CC)N(Cc1ccccc1)Cc1cc2c(C)cc(C)cc2[nH]c1=O. The number of aromatic amines is 1. The maximum atomic E-state index is 13.1. The molecule has 4 rings (SSSR count). The molecule has 0 fully saturated rings. The molecule has 0 spiro atoms. The first-order valence-electron chi connectivity index (χ1n) is 12.2. The van der Waals surface area contributed by atoms with Gasteiger partial charge in [-0.05, 0) is 66.4 Å². The average molecular weight is 489 g/mol. The van der Waals surface area contributed by atoms with Crippen LogP contribution in [0.25, 0.3) is 10.9 Å². The lowest BCUT2D eigenvalue weighted by Crippen LogP contribution is -2.33. The third kappa shape index (κ3) is 5.68. The van der Waals surface area contributed by atoms with E-state index in [1.54, 1.807) is 6.92 Å². The number of nitrogens with one attached hydrogen (secondary N) is 1. The van der Waals surface area contributed by atoms with E-state index in [0.717, 1.165) is 27.6 Å². The van der Waals surface area contributed by atoms with Gasteiger partial charge < -0.3 is 9.72 Å². The van der Waals surface area contributed by atoms with Crippen LogP contribution < -0.4 is 5.56 Å². The number of benzene rings is 2. The highest BCUT2D eigenvalue weighted by atomic mass is 16.5. The maximum Gasteiger partial charge on any atom is 0.327 e. The molecule has 4 aromatic rings. The average Bonchev–Trinajstić information content (AvgIpc) is 3.28. The molecule has 0 aliphatic heterocycles. The Bertz CT molecular complexity index is 1400.